The van der Waals surface area contributed by atoms with E-state index in [9.17, 15) is 8.42 Å². The molecule has 0 saturated heterocycles. The third-order valence-corrected chi connectivity index (χ3v) is 3.99. The third kappa shape index (κ3) is 3.44. The zero-order chi connectivity index (χ0) is 13.2. The second kappa shape index (κ2) is 5.26. The van der Waals surface area contributed by atoms with Gasteiger partial charge in [0.1, 0.15) is 5.75 Å². The Labute approximate surface area is 107 Å². The Hall–Kier alpha value is -1.11. The number of nitrogens with one attached hydrogen (secondary N) is 1. The van der Waals surface area contributed by atoms with Gasteiger partial charge in [-0.15, -0.1) is 0 Å². The largest absolute Gasteiger partial charge is 0.497 e. The molecule has 1 aliphatic rings. The SMILES string of the molecule is COc1ccc(S(N)(=O)=O)c(CCNC2CC2)c1. The standard InChI is InChI=1S/C12H18N2O3S/c1-17-11-4-5-12(18(13,15)16)9(8-11)6-7-14-10-2-3-10/h4-5,8,10,14H,2-3,6-7H2,1H3,(H2,13,15,16). The summed E-state index contributed by atoms with van der Waals surface area (Å²) in [6, 6.07) is 5.44. The predicted molar refractivity (Wildman–Crippen MR) is 69.1 cm³/mol. The fourth-order valence-corrected chi connectivity index (χ4v) is 2.64. The van der Waals surface area contributed by atoms with Gasteiger partial charge in [-0.05, 0) is 49.6 Å². The number of rotatable bonds is 6. The fourth-order valence-electron chi connectivity index (χ4n) is 1.85. The summed E-state index contributed by atoms with van der Waals surface area (Å²) in [5.41, 5.74) is 0.699. The van der Waals surface area contributed by atoms with Gasteiger partial charge in [-0.3, -0.25) is 0 Å². The first-order chi connectivity index (χ1) is 8.50. The topological polar surface area (TPSA) is 81.4 Å². The van der Waals surface area contributed by atoms with Gasteiger partial charge in [0, 0.05) is 6.04 Å². The van der Waals surface area contributed by atoms with Gasteiger partial charge in [-0.1, -0.05) is 0 Å². The first kappa shape index (κ1) is 13.3. The van der Waals surface area contributed by atoms with Crippen LogP contribution in [0, 0.1) is 0 Å². The Kier molecular flexibility index (Phi) is 3.89. The van der Waals surface area contributed by atoms with E-state index < -0.39 is 10.0 Å². The van der Waals surface area contributed by atoms with Crippen molar-refractivity contribution in [3.05, 3.63) is 23.8 Å². The first-order valence-corrected chi connectivity index (χ1v) is 7.48. The van der Waals surface area contributed by atoms with Gasteiger partial charge in [0.15, 0.2) is 0 Å². The number of hydrogen-bond acceptors (Lipinski definition) is 4. The van der Waals surface area contributed by atoms with Crippen LogP contribution in [0.4, 0.5) is 0 Å². The lowest BCUT2D eigenvalue weighted by atomic mass is 10.1. The average Bonchev–Trinajstić information content (AvgIpc) is 3.11. The van der Waals surface area contributed by atoms with E-state index in [1.54, 1.807) is 19.2 Å². The van der Waals surface area contributed by atoms with E-state index in [1.165, 1.54) is 18.9 Å². The van der Waals surface area contributed by atoms with E-state index in [0.29, 0.717) is 23.8 Å². The van der Waals surface area contributed by atoms with E-state index in [-0.39, 0.29) is 4.90 Å². The average molecular weight is 270 g/mol. The van der Waals surface area contributed by atoms with Crippen molar-refractivity contribution in [3.8, 4) is 5.75 Å². The molecule has 0 spiro atoms. The molecule has 0 atom stereocenters. The number of ether oxygens (including phenoxy) is 1. The van der Waals surface area contributed by atoms with Gasteiger partial charge < -0.3 is 10.1 Å². The molecule has 0 radical (unpaired) electrons. The normalized spacial score (nSPS) is 15.7. The molecule has 0 heterocycles. The Balaban J connectivity index is 2.16. The molecule has 3 N–H and O–H groups in total. The molecule has 100 valence electrons. The van der Waals surface area contributed by atoms with Crippen LogP contribution in [0.2, 0.25) is 0 Å². The predicted octanol–water partition coefficient (Wildman–Crippen LogP) is 0.637. The third-order valence-electron chi connectivity index (χ3n) is 2.98. The van der Waals surface area contributed by atoms with Crippen molar-refractivity contribution >= 4 is 10.0 Å². The van der Waals surface area contributed by atoms with E-state index in [0.717, 1.165) is 6.54 Å². The van der Waals surface area contributed by atoms with E-state index in [1.807, 2.05) is 0 Å². The highest BCUT2D eigenvalue weighted by atomic mass is 32.2. The second-order valence-corrected chi connectivity index (χ2v) is 6.03. The summed E-state index contributed by atoms with van der Waals surface area (Å²) >= 11 is 0. The molecule has 18 heavy (non-hydrogen) atoms. The molecule has 0 amide bonds. The number of sulfonamides is 1. The van der Waals surface area contributed by atoms with Crippen LogP contribution in [-0.2, 0) is 16.4 Å². The maximum atomic E-state index is 11.5. The van der Waals surface area contributed by atoms with Crippen molar-refractivity contribution in [3.63, 3.8) is 0 Å². The van der Waals surface area contributed by atoms with Crippen LogP contribution in [0.25, 0.3) is 0 Å². The van der Waals surface area contributed by atoms with Crippen LogP contribution in [0.3, 0.4) is 0 Å². The van der Waals surface area contributed by atoms with Crippen molar-refractivity contribution in [2.45, 2.75) is 30.2 Å². The minimum atomic E-state index is -3.68. The lowest BCUT2D eigenvalue weighted by Gasteiger charge is -2.10. The second-order valence-electron chi connectivity index (χ2n) is 4.50. The minimum Gasteiger partial charge on any atom is -0.497 e. The minimum absolute atomic E-state index is 0.181. The van der Waals surface area contributed by atoms with Crippen LogP contribution in [0.15, 0.2) is 23.1 Å². The molecule has 0 bridgehead atoms. The van der Waals surface area contributed by atoms with Gasteiger partial charge in [0.2, 0.25) is 10.0 Å². The van der Waals surface area contributed by atoms with Gasteiger partial charge in [-0.2, -0.15) is 0 Å². The van der Waals surface area contributed by atoms with Crippen molar-refractivity contribution in [1.29, 1.82) is 0 Å². The van der Waals surface area contributed by atoms with Crippen LogP contribution in [-0.4, -0.2) is 28.1 Å². The first-order valence-electron chi connectivity index (χ1n) is 5.94. The van der Waals surface area contributed by atoms with Crippen molar-refractivity contribution in [1.82, 2.24) is 5.32 Å². The molecule has 5 nitrogen and oxygen atoms in total. The molecule has 0 aliphatic heterocycles. The van der Waals surface area contributed by atoms with Crippen LogP contribution in [0.5, 0.6) is 5.75 Å². The summed E-state index contributed by atoms with van der Waals surface area (Å²) in [6.07, 6.45) is 3.04. The van der Waals surface area contributed by atoms with Gasteiger partial charge in [0.25, 0.3) is 0 Å². The quantitative estimate of drug-likeness (QED) is 0.794. The maximum absolute atomic E-state index is 11.5. The highest BCUT2D eigenvalue weighted by molar-refractivity contribution is 7.89. The summed E-state index contributed by atoms with van der Waals surface area (Å²) < 4.78 is 28.1. The van der Waals surface area contributed by atoms with Crippen LogP contribution in [0.1, 0.15) is 18.4 Å². The van der Waals surface area contributed by atoms with Crippen LogP contribution >= 0.6 is 0 Å². The van der Waals surface area contributed by atoms with Gasteiger partial charge in [-0.25, -0.2) is 13.6 Å². The Morgan fingerprint density at radius 1 is 1.44 bits per heavy atom. The van der Waals surface area contributed by atoms with Crippen LogP contribution < -0.4 is 15.2 Å². The molecule has 0 unspecified atom stereocenters. The monoisotopic (exact) mass is 270 g/mol. The van der Waals surface area contributed by atoms with E-state index in [4.69, 9.17) is 9.88 Å². The summed E-state index contributed by atoms with van der Waals surface area (Å²) in [5.74, 6) is 0.642. The van der Waals surface area contributed by atoms with E-state index >= 15 is 0 Å². The van der Waals surface area contributed by atoms with Gasteiger partial charge >= 0.3 is 0 Å². The molecule has 1 aromatic carbocycles. The van der Waals surface area contributed by atoms with Crippen molar-refractivity contribution in [2.75, 3.05) is 13.7 Å². The molecule has 6 heteroatoms. The number of nitrogens with two attached hydrogens (primary N) is 1. The maximum Gasteiger partial charge on any atom is 0.238 e. The molecule has 1 saturated carbocycles. The molecular formula is C12H18N2O3S. The molecule has 1 fully saturated rings. The highest BCUT2D eigenvalue weighted by Crippen LogP contribution is 2.22. The fraction of sp³-hybridized carbons (Fsp3) is 0.500. The zero-order valence-corrected chi connectivity index (χ0v) is 11.2. The lowest BCUT2D eigenvalue weighted by Crippen LogP contribution is -2.21. The number of benzene rings is 1. The number of hydrogen-bond donors (Lipinski definition) is 2. The molecular weight excluding hydrogens is 252 g/mol. The molecule has 2 rings (SSSR count). The zero-order valence-electron chi connectivity index (χ0n) is 10.3. The van der Waals surface area contributed by atoms with E-state index in [2.05, 4.69) is 5.32 Å². The molecule has 1 aliphatic carbocycles. The Bertz CT molecular complexity index is 524. The summed E-state index contributed by atoms with van der Waals surface area (Å²) in [6.45, 7) is 0.750. The van der Waals surface area contributed by atoms with Crippen molar-refractivity contribution < 1.29 is 13.2 Å². The highest BCUT2D eigenvalue weighted by Gasteiger charge is 2.20. The number of primary sulfonamides is 1. The van der Waals surface area contributed by atoms with Crippen molar-refractivity contribution in [2.24, 2.45) is 5.14 Å². The smallest absolute Gasteiger partial charge is 0.238 e. The Morgan fingerprint density at radius 2 is 2.17 bits per heavy atom. The van der Waals surface area contributed by atoms with Gasteiger partial charge in [0.05, 0.1) is 12.0 Å². The lowest BCUT2D eigenvalue weighted by molar-refractivity contribution is 0.413. The summed E-state index contributed by atoms with van der Waals surface area (Å²) in [5, 5.41) is 8.55. The molecule has 0 aromatic heterocycles. The summed E-state index contributed by atoms with van der Waals surface area (Å²) in [7, 11) is -2.12. The Morgan fingerprint density at radius 3 is 2.72 bits per heavy atom. The number of methoxy groups -OCH3 is 1. The summed E-state index contributed by atoms with van der Waals surface area (Å²) in [4.78, 5) is 0.181. The molecule has 1 aromatic rings.